The molecule has 3 aromatic heterocycles. The number of hydrogen-bond donors (Lipinski definition) is 3. The van der Waals surface area contributed by atoms with Gasteiger partial charge in [0.15, 0.2) is 22.5 Å². The maximum absolute atomic E-state index is 14.0. The van der Waals surface area contributed by atoms with Gasteiger partial charge in [-0.05, 0) is 50.8 Å². The highest BCUT2D eigenvalue weighted by molar-refractivity contribution is 7.17. The molecule has 1 aromatic carbocycles. The third-order valence-electron chi connectivity index (χ3n) is 8.07. The molecular weight excluding hydrogens is 656 g/mol. The number of rotatable bonds is 9. The maximum atomic E-state index is 14.0. The number of methoxy groups -OCH3 is 1. The lowest BCUT2D eigenvalue weighted by Gasteiger charge is -2.44. The largest absolute Gasteiger partial charge is 0.493 e. The summed E-state index contributed by atoms with van der Waals surface area (Å²) in [5.41, 5.74) is 1.96. The van der Waals surface area contributed by atoms with Gasteiger partial charge in [-0.2, -0.15) is 0 Å². The van der Waals surface area contributed by atoms with Crippen LogP contribution in [-0.2, 0) is 9.59 Å². The fourth-order valence-corrected chi connectivity index (χ4v) is 6.24. The number of carbonyl (C=O) groups excluding carboxylic acids is 3. The number of anilines is 5. The van der Waals surface area contributed by atoms with Gasteiger partial charge in [-0.1, -0.05) is 23.5 Å². The SMILES string of the molecule is COc1ccc(-c2cnc3c(c2C)NC(=O)C2CN(C(=O)/C=C/CN(C)C)CCN32)nc1Nc1ncc(C(=O)Nc2c(F)cccc2F)s1. The maximum Gasteiger partial charge on any atom is 0.267 e. The molecule has 1 saturated heterocycles. The van der Waals surface area contributed by atoms with Gasteiger partial charge in [0, 0.05) is 37.5 Å². The average Bonchev–Trinajstić information content (AvgIpc) is 3.55. The summed E-state index contributed by atoms with van der Waals surface area (Å²) in [5, 5.41) is 8.59. The van der Waals surface area contributed by atoms with Crippen LogP contribution in [0, 0.1) is 18.6 Å². The molecule has 1 fully saturated rings. The van der Waals surface area contributed by atoms with Crippen molar-refractivity contribution in [2.75, 3.05) is 68.2 Å². The van der Waals surface area contributed by atoms with E-state index in [4.69, 9.17) is 14.7 Å². The van der Waals surface area contributed by atoms with Gasteiger partial charge < -0.3 is 35.4 Å². The van der Waals surface area contributed by atoms with Crippen LogP contribution in [0.5, 0.6) is 5.75 Å². The van der Waals surface area contributed by atoms with E-state index in [0.717, 1.165) is 29.0 Å². The smallest absolute Gasteiger partial charge is 0.267 e. The lowest BCUT2D eigenvalue weighted by Crippen LogP contribution is -2.61. The predicted octanol–water partition coefficient (Wildman–Crippen LogP) is 4.28. The monoisotopic (exact) mass is 689 g/mol. The summed E-state index contributed by atoms with van der Waals surface area (Å²) in [5.74, 6) is -1.58. The third-order valence-corrected chi connectivity index (χ3v) is 8.99. The number of ether oxygens (including phenoxy) is 1. The minimum Gasteiger partial charge on any atom is -0.493 e. The van der Waals surface area contributed by atoms with Gasteiger partial charge in [0.1, 0.15) is 28.2 Å². The van der Waals surface area contributed by atoms with Gasteiger partial charge in [0.05, 0.1) is 31.2 Å². The summed E-state index contributed by atoms with van der Waals surface area (Å²) >= 11 is 0.957. The van der Waals surface area contributed by atoms with E-state index in [9.17, 15) is 23.2 Å². The van der Waals surface area contributed by atoms with Crippen molar-refractivity contribution in [2.24, 2.45) is 0 Å². The standard InChI is InChI=1S/C33H33F2N9O4S/c1-18-19(15-36-30-27(18)39-31(46)23-17-43(13-14-44(23)30)26(45)9-6-12-42(2)3)22-10-11-24(48-4)29(38-22)41-33-37-16-25(49-33)32(47)40-28-20(34)7-5-8-21(28)35/h5-11,15-16,23H,12-14,17H2,1-4H3,(H,39,46)(H,40,47)(H,37,38,41)/b9-6+. The topological polar surface area (TPSA) is 145 Å². The number of amides is 3. The molecule has 49 heavy (non-hydrogen) atoms. The van der Waals surface area contributed by atoms with Crippen molar-refractivity contribution in [3.63, 3.8) is 0 Å². The molecule has 0 aliphatic carbocycles. The van der Waals surface area contributed by atoms with Crippen molar-refractivity contribution in [1.82, 2.24) is 24.8 Å². The van der Waals surface area contributed by atoms with Crippen LogP contribution in [-0.4, -0.2) is 95.9 Å². The number of thiazole rings is 1. The molecule has 2 aliphatic heterocycles. The van der Waals surface area contributed by atoms with E-state index in [0.29, 0.717) is 54.0 Å². The average molecular weight is 690 g/mol. The highest BCUT2D eigenvalue weighted by Crippen LogP contribution is 2.39. The van der Waals surface area contributed by atoms with E-state index < -0.39 is 29.3 Å². The molecule has 0 spiro atoms. The number of hydrogen-bond acceptors (Lipinski definition) is 11. The second-order valence-corrected chi connectivity index (χ2v) is 12.6. The summed E-state index contributed by atoms with van der Waals surface area (Å²) in [6.45, 7) is 3.65. The van der Waals surface area contributed by atoms with Gasteiger partial charge in [0.2, 0.25) is 11.8 Å². The zero-order valence-electron chi connectivity index (χ0n) is 27.1. The quantitative estimate of drug-likeness (QED) is 0.218. The molecule has 16 heteroatoms. The number of carbonyl (C=O) groups is 3. The molecule has 1 unspecified atom stereocenters. The fourth-order valence-electron chi connectivity index (χ4n) is 5.53. The van der Waals surface area contributed by atoms with E-state index in [1.165, 1.54) is 19.4 Å². The Morgan fingerprint density at radius 1 is 1.14 bits per heavy atom. The van der Waals surface area contributed by atoms with Crippen LogP contribution < -0.4 is 25.6 Å². The van der Waals surface area contributed by atoms with Crippen LogP contribution in [0.1, 0.15) is 15.2 Å². The van der Waals surface area contributed by atoms with Crippen LogP contribution in [0.25, 0.3) is 11.3 Å². The fraction of sp³-hybridized carbons (Fsp3) is 0.273. The Morgan fingerprint density at radius 3 is 2.65 bits per heavy atom. The number of halogens is 2. The van der Waals surface area contributed by atoms with Crippen molar-refractivity contribution in [3.8, 4) is 17.0 Å². The Bertz CT molecular complexity index is 1950. The first kappa shape index (κ1) is 33.4. The van der Waals surface area contributed by atoms with Crippen molar-refractivity contribution in [2.45, 2.75) is 13.0 Å². The minimum atomic E-state index is -0.897. The van der Waals surface area contributed by atoms with Crippen molar-refractivity contribution >= 4 is 57.2 Å². The van der Waals surface area contributed by atoms with E-state index in [-0.39, 0.29) is 28.4 Å². The number of nitrogens with zero attached hydrogens (tertiary/aromatic N) is 6. The zero-order valence-corrected chi connectivity index (χ0v) is 27.9. The van der Waals surface area contributed by atoms with Gasteiger partial charge in [-0.15, -0.1) is 0 Å². The number of fused-ring (bicyclic) bond motifs is 3. The van der Waals surface area contributed by atoms with E-state index >= 15 is 0 Å². The predicted molar refractivity (Wildman–Crippen MR) is 183 cm³/mol. The molecule has 3 amide bonds. The summed E-state index contributed by atoms with van der Waals surface area (Å²) in [7, 11) is 5.32. The normalized spacial score (nSPS) is 15.6. The number of pyridine rings is 2. The Labute approximate surface area is 284 Å². The Morgan fingerprint density at radius 2 is 1.92 bits per heavy atom. The summed E-state index contributed by atoms with van der Waals surface area (Å²) in [6.07, 6.45) is 6.32. The van der Waals surface area contributed by atoms with Crippen LogP contribution in [0.4, 0.5) is 36.9 Å². The van der Waals surface area contributed by atoms with Gasteiger partial charge in [0.25, 0.3) is 5.91 Å². The molecule has 4 aromatic rings. The van der Waals surface area contributed by atoms with Crippen molar-refractivity contribution < 1.29 is 27.9 Å². The minimum absolute atomic E-state index is 0.107. The van der Waals surface area contributed by atoms with Gasteiger partial charge >= 0.3 is 0 Å². The van der Waals surface area contributed by atoms with Gasteiger partial charge in [-0.25, -0.2) is 23.7 Å². The molecule has 0 saturated carbocycles. The van der Waals surface area contributed by atoms with Crippen molar-refractivity contribution in [1.29, 1.82) is 0 Å². The summed E-state index contributed by atoms with van der Waals surface area (Å²) < 4.78 is 33.6. The lowest BCUT2D eigenvalue weighted by molar-refractivity contribution is -0.128. The molecule has 1 atom stereocenters. The van der Waals surface area contributed by atoms with E-state index in [1.807, 2.05) is 30.8 Å². The Kier molecular flexibility index (Phi) is 9.51. The molecule has 13 nitrogen and oxygen atoms in total. The third kappa shape index (κ3) is 6.91. The number of aromatic nitrogens is 3. The van der Waals surface area contributed by atoms with Crippen LogP contribution in [0.2, 0.25) is 0 Å². The molecule has 6 rings (SSSR count). The van der Waals surface area contributed by atoms with Crippen LogP contribution >= 0.6 is 11.3 Å². The first-order chi connectivity index (χ1) is 23.5. The first-order valence-electron chi connectivity index (χ1n) is 15.2. The first-order valence-corrected chi connectivity index (χ1v) is 16.1. The second-order valence-electron chi connectivity index (χ2n) is 11.6. The Hall–Kier alpha value is -5.48. The molecular formula is C33H33F2N9O4S. The summed E-state index contributed by atoms with van der Waals surface area (Å²) in [6, 6.07) is 6.19. The molecule has 0 radical (unpaired) electrons. The molecule has 5 heterocycles. The van der Waals surface area contributed by atoms with E-state index in [2.05, 4.69) is 20.9 Å². The molecule has 2 aliphatic rings. The summed E-state index contributed by atoms with van der Waals surface area (Å²) in [4.78, 5) is 58.2. The molecule has 3 N–H and O–H groups in total. The number of benzene rings is 1. The van der Waals surface area contributed by atoms with Crippen molar-refractivity contribution in [3.05, 3.63) is 77.0 Å². The number of para-hydroxylation sites is 1. The Balaban J connectivity index is 1.20. The van der Waals surface area contributed by atoms with Crippen LogP contribution in [0.3, 0.4) is 0 Å². The number of piperazine rings is 1. The number of nitrogens with one attached hydrogen (secondary N) is 3. The second kappa shape index (κ2) is 13.9. The van der Waals surface area contributed by atoms with E-state index in [1.54, 1.807) is 35.4 Å². The highest BCUT2D eigenvalue weighted by atomic mass is 32.1. The van der Waals surface area contributed by atoms with Crippen LogP contribution in [0.15, 0.2) is 54.9 Å². The zero-order chi connectivity index (χ0) is 34.8. The lowest BCUT2D eigenvalue weighted by atomic mass is 10.0. The highest BCUT2D eigenvalue weighted by Gasteiger charge is 2.40. The number of likely N-dealkylation sites (N-methyl/N-ethyl adjacent to an activating group) is 1. The molecule has 0 bridgehead atoms. The molecule has 254 valence electrons. The van der Waals surface area contributed by atoms with Gasteiger partial charge in [-0.3, -0.25) is 14.4 Å².